The first-order valence-electron chi connectivity index (χ1n) is 3.13. The summed E-state index contributed by atoms with van der Waals surface area (Å²) >= 11 is 0. The molecule has 1 radical (unpaired) electrons. The van der Waals surface area contributed by atoms with Gasteiger partial charge in [-0.1, -0.05) is 5.92 Å². The third-order valence-electron chi connectivity index (χ3n) is 1.12. The summed E-state index contributed by atoms with van der Waals surface area (Å²) in [6.07, 6.45) is 4.25. The Labute approximate surface area is 61.1 Å². The number of hydrogen-bond donors (Lipinski definition) is 0. The van der Waals surface area contributed by atoms with Gasteiger partial charge in [-0.2, -0.15) is 0 Å². The SMILES string of the molecule is CC#CCc1[c]ccnc1. The van der Waals surface area contributed by atoms with E-state index in [9.17, 15) is 0 Å². The summed E-state index contributed by atoms with van der Waals surface area (Å²) in [7, 11) is 0. The monoisotopic (exact) mass is 130 g/mol. The number of hydrogen-bond acceptors (Lipinski definition) is 1. The van der Waals surface area contributed by atoms with Gasteiger partial charge in [0.15, 0.2) is 0 Å². The molecule has 0 saturated carbocycles. The predicted octanol–water partition coefficient (Wildman–Crippen LogP) is 1.45. The van der Waals surface area contributed by atoms with E-state index in [0.717, 1.165) is 12.0 Å². The van der Waals surface area contributed by atoms with E-state index in [2.05, 4.69) is 22.9 Å². The molecule has 0 saturated heterocycles. The zero-order valence-corrected chi connectivity index (χ0v) is 5.89. The van der Waals surface area contributed by atoms with Crippen LogP contribution in [0.2, 0.25) is 0 Å². The fourth-order valence-electron chi connectivity index (χ4n) is 0.638. The Balaban J connectivity index is 2.64. The third kappa shape index (κ3) is 1.91. The summed E-state index contributed by atoms with van der Waals surface area (Å²) < 4.78 is 0. The van der Waals surface area contributed by atoms with Gasteiger partial charge >= 0.3 is 0 Å². The summed E-state index contributed by atoms with van der Waals surface area (Å²) in [5.74, 6) is 5.76. The Morgan fingerprint density at radius 2 is 2.60 bits per heavy atom. The summed E-state index contributed by atoms with van der Waals surface area (Å²) in [4.78, 5) is 3.94. The van der Waals surface area contributed by atoms with Gasteiger partial charge in [-0.3, -0.25) is 4.98 Å². The van der Waals surface area contributed by atoms with Gasteiger partial charge in [-0.05, 0) is 24.6 Å². The molecular formula is C9H8N. The maximum absolute atomic E-state index is 3.94. The van der Waals surface area contributed by atoms with E-state index >= 15 is 0 Å². The van der Waals surface area contributed by atoms with Crippen molar-refractivity contribution < 1.29 is 0 Å². The van der Waals surface area contributed by atoms with Crippen molar-refractivity contribution in [1.29, 1.82) is 0 Å². The molecule has 10 heavy (non-hydrogen) atoms. The Morgan fingerprint density at radius 3 is 3.20 bits per heavy atom. The van der Waals surface area contributed by atoms with Crippen LogP contribution in [0.4, 0.5) is 0 Å². The van der Waals surface area contributed by atoms with Crippen molar-refractivity contribution in [3.8, 4) is 11.8 Å². The molecule has 0 amide bonds. The number of rotatable bonds is 1. The molecule has 0 aromatic carbocycles. The Kier molecular flexibility index (Phi) is 2.51. The van der Waals surface area contributed by atoms with Gasteiger partial charge in [-0.25, -0.2) is 0 Å². The molecule has 1 heterocycles. The second-order valence-electron chi connectivity index (χ2n) is 1.87. The van der Waals surface area contributed by atoms with Gasteiger partial charge in [-0.15, -0.1) is 5.92 Å². The second-order valence-corrected chi connectivity index (χ2v) is 1.87. The first kappa shape index (κ1) is 6.82. The molecule has 0 atom stereocenters. The summed E-state index contributed by atoms with van der Waals surface area (Å²) in [5, 5.41) is 0. The van der Waals surface area contributed by atoms with Crippen molar-refractivity contribution in [2.24, 2.45) is 0 Å². The van der Waals surface area contributed by atoms with E-state index in [0.29, 0.717) is 0 Å². The molecule has 0 fully saturated rings. The molecule has 0 unspecified atom stereocenters. The van der Waals surface area contributed by atoms with Crippen LogP contribution in [0.15, 0.2) is 18.5 Å². The van der Waals surface area contributed by atoms with Gasteiger partial charge in [0.25, 0.3) is 0 Å². The van der Waals surface area contributed by atoms with Crippen molar-refractivity contribution >= 4 is 0 Å². The van der Waals surface area contributed by atoms with Gasteiger partial charge < -0.3 is 0 Å². The molecule has 1 aromatic heterocycles. The fourth-order valence-corrected chi connectivity index (χ4v) is 0.638. The highest BCUT2D eigenvalue weighted by atomic mass is 14.6. The van der Waals surface area contributed by atoms with E-state index in [1.807, 2.05) is 6.92 Å². The first-order valence-corrected chi connectivity index (χ1v) is 3.13. The standard InChI is InChI=1S/C9H8N/c1-2-3-5-9-6-4-7-10-8-9/h4,7-8H,5H2,1H3. The number of aromatic nitrogens is 1. The van der Waals surface area contributed by atoms with E-state index in [1.165, 1.54) is 0 Å². The van der Waals surface area contributed by atoms with Gasteiger partial charge in [0.1, 0.15) is 0 Å². The molecule has 0 bridgehead atoms. The maximum atomic E-state index is 3.94. The highest BCUT2D eigenvalue weighted by Gasteiger charge is 1.85. The lowest BCUT2D eigenvalue weighted by atomic mass is 10.2. The van der Waals surface area contributed by atoms with Crippen LogP contribution in [0, 0.1) is 17.9 Å². The largest absolute Gasteiger partial charge is 0.264 e. The van der Waals surface area contributed by atoms with Crippen molar-refractivity contribution in [3.63, 3.8) is 0 Å². The van der Waals surface area contributed by atoms with Crippen LogP contribution in [-0.4, -0.2) is 4.98 Å². The normalized spacial score (nSPS) is 8.10. The molecule has 0 aliphatic carbocycles. The molecule has 1 rings (SSSR count). The number of nitrogens with zero attached hydrogens (tertiary/aromatic N) is 1. The Hall–Kier alpha value is -1.29. The zero-order valence-electron chi connectivity index (χ0n) is 5.89. The minimum absolute atomic E-state index is 0.754. The van der Waals surface area contributed by atoms with Crippen LogP contribution in [0.5, 0.6) is 0 Å². The minimum atomic E-state index is 0.754. The second kappa shape index (κ2) is 3.68. The maximum Gasteiger partial charge on any atom is 0.0361 e. The highest BCUT2D eigenvalue weighted by Crippen LogP contribution is 1.93. The summed E-state index contributed by atoms with van der Waals surface area (Å²) in [5.41, 5.74) is 1.05. The zero-order chi connectivity index (χ0) is 7.23. The Morgan fingerprint density at radius 1 is 1.70 bits per heavy atom. The molecule has 0 N–H and O–H groups in total. The van der Waals surface area contributed by atoms with Crippen LogP contribution in [-0.2, 0) is 6.42 Å². The molecule has 1 nitrogen and oxygen atoms in total. The predicted molar refractivity (Wildman–Crippen MR) is 40.2 cm³/mol. The van der Waals surface area contributed by atoms with Gasteiger partial charge in [0, 0.05) is 18.8 Å². The molecule has 1 aromatic rings. The first-order chi connectivity index (χ1) is 4.93. The smallest absolute Gasteiger partial charge is 0.0361 e. The van der Waals surface area contributed by atoms with Crippen LogP contribution in [0.3, 0.4) is 0 Å². The van der Waals surface area contributed by atoms with Crippen LogP contribution < -0.4 is 0 Å². The lowest BCUT2D eigenvalue weighted by Gasteiger charge is -1.88. The summed E-state index contributed by atoms with van der Waals surface area (Å²) in [6.45, 7) is 1.83. The summed E-state index contributed by atoms with van der Waals surface area (Å²) in [6, 6.07) is 4.84. The van der Waals surface area contributed by atoms with Crippen LogP contribution in [0.1, 0.15) is 12.5 Å². The lowest BCUT2D eigenvalue weighted by molar-refractivity contribution is 1.21. The number of pyridine rings is 1. The molecule has 49 valence electrons. The topological polar surface area (TPSA) is 12.9 Å². The molecular weight excluding hydrogens is 122 g/mol. The minimum Gasteiger partial charge on any atom is -0.264 e. The van der Waals surface area contributed by atoms with E-state index in [4.69, 9.17) is 0 Å². The van der Waals surface area contributed by atoms with Crippen molar-refractivity contribution in [2.45, 2.75) is 13.3 Å². The van der Waals surface area contributed by atoms with E-state index < -0.39 is 0 Å². The molecule has 0 aliphatic rings. The Bertz CT molecular complexity index is 240. The van der Waals surface area contributed by atoms with Crippen molar-refractivity contribution in [2.75, 3.05) is 0 Å². The van der Waals surface area contributed by atoms with Crippen molar-refractivity contribution in [3.05, 3.63) is 30.1 Å². The highest BCUT2D eigenvalue weighted by molar-refractivity contribution is 5.14. The van der Waals surface area contributed by atoms with Gasteiger partial charge in [0.2, 0.25) is 0 Å². The quantitative estimate of drug-likeness (QED) is 0.524. The third-order valence-corrected chi connectivity index (χ3v) is 1.12. The molecule has 1 heteroatoms. The lowest BCUT2D eigenvalue weighted by Crippen LogP contribution is -1.81. The van der Waals surface area contributed by atoms with E-state index in [-0.39, 0.29) is 0 Å². The van der Waals surface area contributed by atoms with Crippen LogP contribution in [0.25, 0.3) is 0 Å². The average molecular weight is 130 g/mol. The average Bonchev–Trinajstić information content (AvgIpc) is 2.03. The van der Waals surface area contributed by atoms with Crippen LogP contribution >= 0.6 is 0 Å². The van der Waals surface area contributed by atoms with E-state index in [1.54, 1.807) is 18.5 Å². The van der Waals surface area contributed by atoms with Crippen molar-refractivity contribution in [1.82, 2.24) is 4.98 Å². The molecule has 0 aliphatic heterocycles. The fraction of sp³-hybridized carbons (Fsp3) is 0.222. The molecule has 0 spiro atoms. The van der Waals surface area contributed by atoms with Gasteiger partial charge in [0.05, 0.1) is 0 Å².